The molecule has 1 N–H and O–H groups in total. The van der Waals surface area contributed by atoms with Gasteiger partial charge in [0, 0.05) is 28.9 Å². The summed E-state index contributed by atoms with van der Waals surface area (Å²) in [5.74, 6) is 1.96. The third kappa shape index (κ3) is 4.90. The first-order valence-corrected chi connectivity index (χ1v) is 18.7. The second kappa shape index (κ2) is 11.7. The van der Waals surface area contributed by atoms with Crippen molar-refractivity contribution in [2.75, 3.05) is 11.4 Å². The Morgan fingerprint density at radius 2 is 1.50 bits per heavy atom. The molecule has 5 aromatic carbocycles. The molecule has 1 aromatic heterocycles. The van der Waals surface area contributed by atoms with Crippen molar-refractivity contribution < 1.29 is 9.21 Å². The summed E-state index contributed by atoms with van der Waals surface area (Å²) in [6.07, 6.45) is 7.26. The molecule has 3 aliphatic carbocycles. The van der Waals surface area contributed by atoms with Crippen LogP contribution in [0.3, 0.4) is 0 Å². The molecule has 0 radical (unpaired) electrons. The van der Waals surface area contributed by atoms with Crippen LogP contribution in [-0.2, 0) is 11.8 Å². The molecule has 0 fully saturated rings. The topological polar surface area (TPSA) is 57.8 Å². The normalized spacial score (nSPS) is 20.2. The lowest BCUT2D eigenvalue weighted by molar-refractivity contribution is 0.250. The number of benzene rings is 5. The van der Waals surface area contributed by atoms with Crippen LogP contribution in [0.25, 0.3) is 39.3 Å². The minimum absolute atomic E-state index is 0.136. The highest BCUT2D eigenvalue weighted by Gasteiger charge is 2.48. The summed E-state index contributed by atoms with van der Waals surface area (Å²) in [5.41, 5.74) is 16.2. The van der Waals surface area contributed by atoms with E-state index in [9.17, 15) is 4.79 Å². The maximum absolute atomic E-state index is 12.0. The van der Waals surface area contributed by atoms with Gasteiger partial charge in [-0.25, -0.2) is 4.79 Å². The van der Waals surface area contributed by atoms with Crippen LogP contribution >= 0.6 is 0 Å². The highest BCUT2D eigenvalue weighted by atomic mass is 16.3. The first-order chi connectivity index (χ1) is 25.4. The largest absolute Gasteiger partial charge is 0.456 e. The lowest BCUT2D eigenvalue weighted by Crippen LogP contribution is -2.30. The fourth-order valence-corrected chi connectivity index (χ4v) is 9.59. The van der Waals surface area contributed by atoms with E-state index in [1.165, 1.54) is 35.3 Å². The number of hydrogen-bond acceptors (Lipinski definition) is 3. The molecule has 5 heteroatoms. The number of anilines is 2. The molecule has 0 bridgehead atoms. The van der Waals surface area contributed by atoms with Gasteiger partial charge in [0.2, 0.25) is 0 Å². The smallest absolute Gasteiger partial charge is 0.342 e. The Balaban J connectivity index is 0.966. The number of carbonyl (C=O) groups excluding carboxylic acids is 1. The molecule has 6 aromatic rings. The van der Waals surface area contributed by atoms with Gasteiger partial charge >= 0.3 is 6.03 Å². The van der Waals surface area contributed by atoms with E-state index in [4.69, 9.17) is 4.42 Å². The van der Waals surface area contributed by atoms with Crippen LogP contribution < -0.4 is 10.2 Å². The molecule has 52 heavy (non-hydrogen) atoms. The zero-order valence-electron chi connectivity index (χ0n) is 29.8. The van der Waals surface area contributed by atoms with Crippen molar-refractivity contribution in [3.05, 3.63) is 149 Å². The molecule has 5 nitrogen and oxygen atoms in total. The standard InChI is InChI=1S/C47H41N3O2/c1-4-35-38(47(2,3)39-21-15-32-26-37(32)43(35)39)24-25-50(33-16-10-29(11-17-33)28-8-6-5-7-9-28)34-18-12-30(13-19-34)31-14-20-36-42(27-31)52-41-23-22-40-45(44(36)41)49-46(51)48-40/h5-23,27,35,38,45H,4,24-26H2,1-3H3,(H,49,51). The number of fused-ring (bicyclic) bond motifs is 8. The van der Waals surface area contributed by atoms with E-state index in [2.05, 4.69) is 145 Å². The Morgan fingerprint density at radius 3 is 2.23 bits per heavy atom. The zero-order valence-corrected chi connectivity index (χ0v) is 29.8. The lowest BCUT2D eigenvalue weighted by Gasteiger charge is -2.34. The van der Waals surface area contributed by atoms with Gasteiger partial charge in [-0.15, -0.1) is 0 Å². The van der Waals surface area contributed by atoms with E-state index in [0.717, 1.165) is 52.1 Å². The predicted octanol–water partition coefficient (Wildman–Crippen LogP) is 11.5. The van der Waals surface area contributed by atoms with Gasteiger partial charge in [-0.05, 0) is 124 Å². The average Bonchev–Trinajstić information content (AvgIpc) is 3.64. The number of amides is 2. The predicted molar refractivity (Wildman–Crippen MR) is 212 cm³/mol. The number of aliphatic imine (C=N–C) groups is 1. The summed E-state index contributed by atoms with van der Waals surface area (Å²) < 4.78 is 6.31. The van der Waals surface area contributed by atoms with E-state index < -0.39 is 0 Å². The average molecular weight is 680 g/mol. The van der Waals surface area contributed by atoms with Gasteiger partial charge < -0.3 is 14.6 Å². The highest BCUT2D eigenvalue weighted by Crippen LogP contribution is 2.57. The molecule has 0 spiro atoms. The number of rotatable bonds is 8. The number of urea groups is 1. The van der Waals surface area contributed by atoms with Gasteiger partial charge in [0.15, 0.2) is 0 Å². The Kier molecular flexibility index (Phi) is 6.98. The fourth-order valence-electron chi connectivity index (χ4n) is 9.59. The van der Waals surface area contributed by atoms with Crippen LogP contribution in [-0.4, -0.2) is 18.3 Å². The molecule has 3 atom stereocenters. The molecule has 3 unspecified atom stereocenters. The summed E-state index contributed by atoms with van der Waals surface area (Å²) in [6.45, 7) is 8.28. The lowest BCUT2D eigenvalue weighted by atomic mass is 9.73. The monoisotopic (exact) mass is 679 g/mol. The van der Waals surface area contributed by atoms with Crippen molar-refractivity contribution >= 4 is 40.2 Å². The van der Waals surface area contributed by atoms with Gasteiger partial charge in [-0.2, -0.15) is 4.99 Å². The number of nitrogens with one attached hydrogen (secondary N) is 1. The molecule has 2 heterocycles. The van der Waals surface area contributed by atoms with Crippen LogP contribution in [0.2, 0.25) is 0 Å². The van der Waals surface area contributed by atoms with E-state index >= 15 is 0 Å². The second-order valence-corrected chi connectivity index (χ2v) is 15.4. The van der Waals surface area contributed by atoms with E-state index in [0.29, 0.717) is 11.8 Å². The van der Waals surface area contributed by atoms with Crippen molar-refractivity contribution in [2.24, 2.45) is 10.9 Å². The Labute approximate surface area is 304 Å². The number of hydrogen-bond donors (Lipinski definition) is 1. The van der Waals surface area contributed by atoms with Gasteiger partial charge in [-0.3, -0.25) is 0 Å². The molecule has 4 aliphatic rings. The van der Waals surface area contributed by atoms with E-state index in [1.807, 2.05) is 12.2 Å². The fraction of sp³-hybridized carbons (Fsp3) is 0.234. The van der Waals surface area contributed by atoms with Gasteiger partial charge in [0.1, 0.15) is 17.4 Å². The quantitative estimate of drug-likeness (QED) is 0.174. The first-order valence-electron chi connectivity index (χ1n) is 18.7. The summed E-state index contributed by atoms with van der Waals surface area (Å²) in [5, 5.41) is 3.97. The van der Waals surface area contributed by atoms with Crippen molar-refractivity contribution in [3.63, 3.8) is 0 Å². The third-order valence-electron chi connectivity index (χ3n) is 12.3. The Hall–Kier alpha value is -5.68. The van der Waals surface area contributed by atoms with Crippen LogP contribution in [0.1, 0.15) is 79.2 Å². The molecule has 0 saturated carbocycles. The van der Waals surface area contributed by atoms with Crippen molar-refractivity contribution in [2.45, 2.75) is 57.4 Å². The van der Waals surface area contributed by atoms with Gasteiger partial charge in [-0.1, -0.05) is 99.6 Å². The van der Waals surface area contributed by atoms with Crippen LogP contribution in [0.15, 0.2) is 125 Å². The molecule has 256 valence electrons. The van der Waals surface area contributed by atoms with E-state index in [-0.39, 0.29) is 17.5 Å². The maximum atomic E-state index is 12.0. The van der Waals surface area contributed by atoms with Gasteiger partial charge in [0.25, 0.3) is 0 Å². The van der Waals surface area contributed by atoms with Crippen molar-refractivity contribution in [1.29, 1.82) is 0 Å². The van der Waals surface area contributed by atoms with Crippen LogP contribution in [0.5, 0.6) is 0 Å². The van der Waals surface area contributed by atoms with Crippen molar-refractivity contribution in [3.8, 4) is 22.3 Å². The molecular weight excluding hydrogens is 639 g/mol. The Bertz CT molecular complexity index is 2450. The van der Waals surface area contributed by atoms with Crippen molar-refractivity contribution in [1.82, 2.24) is 5.32 Å². The summed E-state index contributed by atoms with van der Waals surface area (Å²) >= 11 is 0. The van der Waals surface area contributed by atoms with Crippen LogP contribution in [0, 0.1) is 5.92 Å². The molecule has 1 aliphatic heterocycles. The maximum Gasteiger partial charge on any atom is 0.342 e. The minimum Gasteiger partial charge on any atom is -0.456 e. The molecule has 10 rings (SSSR count). The second-order valence-electron chi connectivity index (χ2n) is 15.4. The molecule has 2 amide bonds. The molecule has 0 saturated heterocycles. The Morgan fingerprint density at radius 1 is 0.808 bits per heavy atom. The SMILES string of the molecule is CCC1c2c(ccc3c2C3)C(C)(C)C1CCN(c1ccc(-c2ccccc2)cc1)c1ccc(-c2ccc3c4c(oc3c2)C=CC2=NC(=O)NC24)cc1. The third-order valence-corrected chi connectivity index (χ3v) is 12.3. The first kappa shape index (κ1) is 31.1. The summed E-state index contributed by atoms with van der Waals surface area (Å²) in [6, 6.07) is 39.3. The van der Waals surface area contributed by atoms with Gasteiger partial charge in [0.05, 0.1) is 5.71 Å². The molecular formula is C47H41N3O2. The zero-order chi connectivity index (χ0) is 35.1. The number of nitrogens with zero attached hydrogens (tertiary/aromatic N) is 2. The highest BCUT2D eigenvalue weighted by molar-refractivity contribution is 6.16. The number of furan rings is 1. The summed E-state index contributed by atoms with van der Waals surface area (Å²) in [7, 11) is 0. The minimum atomic E-state index is -0.302. The summed E-state index contributed by atoms with van der Waals surface area (Å²) in [4.78, 5) is 18.7. The van der Waals surface area contributed by atoms with E-state index in [1.54, 1.807) is 22.3 Å². The van der Waals surface area contributed by atoms with Crippen LogP contribution in [0.4, 0.5) is 16.2 Å². The number of carbonyl (C=O) groups is 1.